The maximum Gasteiger partial charge on any atom is 0.331 e. The van der Waals surface area contributed by atoms with Crippen LogP contribution in [-0.2, 0) is 24.2 Å². The Balaban J connectivity index is 1.85. The van der Waals surface area contributed by atoms with Crippen LogP contribution in [0.15, 0.2) is 30.3 Å². The molecule has 1 aliphatic rings. The van der Waals surface area contributed by atoms with Gasteiger partial charge in [0.2, 0.25) is 0 Å². The number of nitro benzene ring substituents is 1. The third kappa shape index (κ3) is 5.38. The summed E-state index contributed by atoms with van der Waals surface area (Å²) < 4.78 is 27.7. The second-order valence-corrected chi connectivity index (χ2v) is 8.08. The van der Waals surface area contributed by atoms with Gasteiger partial charge in [-0.05, 0) is 18.1 Å². The van der Waals surface area contributed by atoms with Crippen molar-refractivity contribution < 1.29 is 27.7 Å². The molecule has 0 aromatic heterocycles. The number of likely N-dealkylation sites (N-methyl/N-ethyl adjacent to an activating group) is 1. The van der Waals surface area contributed by atoms with Gasteiger partial charge >= 0.3 is 5.97 Å². The molecular formula is C16H18N2O7S. The first-order valence-electron chi connectivity index (χ1n) is 7.73. The van der Waals surface area contributed by atoms with Gasteiger partial charge in [0.05, 0.1) is 16.4 Å². The van der Waals surface area contributed by atoms with Gasteiger partial charge in [-0.25, -0.2) is 13.2 Å². The summed E-state index contributed by atoms with van der Waals surface area (Å²) in [4.78, 5) is 35.1. The fourth-order valence-corrected chi connectivity index (χ4v) is 4.25. The second kappa shape index (κ2) is 8.09. The van der Waals surface area contributed by atoms with Crippen LogP contribution in [-0.4, -0.2) is 61.3 Å². The highest BCUT2D eigenvalue weighted by Gasteiger charge is 2.32. The lowest BCUT2D eigenvalue weighted by Gasteiger charge is -2.22. The highest BCUT2D eigenvalue weighted by Crippen LogP contribution is 2.17. The maximum absolute atomic E-state index is 12.0. The number of hydrogen-bond donors (Lipinski definition) is 0. The van der Waals surface area contributed by atoms with Crippen molar-refractivity contribution in [3.8, 4) is 0 Å². The van der Waals surface area contributed by atoms with Crippen molar-refractivity contribution in [2.75, 3.05) is 25.2 Å². The number of ether oxygens (including phenoxy) is 1. The first-order chi connectivity index (χ1) is 12.2. The summed E-state index contributed by atoms with van der Waals surface area (Å²) in [5.74, 6) is -1.32. The van der Waals surface area contributed by atoms with E-state index in [-0.39, 0.29) is 17.2 Å². The van der Waals surface area contributed by atoms with Crippen LogP contribution in [0.2, 0.25) is 0 Å². The third-order valence-corrected chi connectivity index (χ3v) is 5.73. The van der Waals surface area contributed by atoms with Crippen molar-refractivity contribution in [3.63, 3.8) is 0 Å². The molecule has 1 atom stereocenters. The second-order valence-electron chi connectivity index (χ2n) is 5.85. The van der Waals surface area contributed by atoms with Crippen molar-refractivity contribution in [3.05, 3.63) is 46.0 Å². The fourth-order valence-electron chi connectivity index (χ4n) is 2.47. The number of sulfone groups is 1. The molecule has 1 saturated heterocycles. The highest BCUT2D eigenvalue weighted by molar-refractivity contribution is 7.91. The zero-order valence-corrected chi connectivity index (χ0v) is 14.8. The van der Waals surface area contributed by atoms with E-state index in [4.69, 9.17) is 4.74 Å². The van der Waals surface area contributed by atoms with Crippen LogP contribution in [0.25, 0.3) is 6.08 Å². The summed E-state index contributed by atoms with van der Waals surface area (Å²) in [5, 5.41) is 10.7. The van der Waals surface area contributed by atoms with Crippen LogP contribution in [0, 0.1) is 10.1 Å². The molecule has 1 aromatic rings. The molecule has 0 unspecified atom stereocenters. The van der Waals surface area contributed by atoms with Crippen molar-refractivity contribution in [1.82, 2.24) is 4.90 Å². The predicted molar refractivity (Wildman–Crippen MR) is 92.9 cm³/mol. The molecule has 140 valence electrons. The number of esters is 1. The molecule has 1 aliphatic heterocycles. The van der Waals surface area contributed by atoms with Gasteiger partial charge in [0.25, 0.3) is 11.6 Å². The van der Waals surface area contributed by atoms with Gasteiger partial charge in [-0.1, -0.05) is 12.1 Å². The van der Waals surface area contributed by atoms with Gasteiger partial charge in [-0.2, -0.15) is 0 Å². The van der Waals surface area contributed by atoms with Crippen LogP contribution < -0.4 is 0 Å². The first-order valence-corrected chi connectivity index (χ1v) is 9.55. The monoisotopic (exact) mass is 382 g/mol. The van der Waals surface area contributed by atoms with Crippen LogP contribution >= 0.6 is 0 Å². The van der Waals surface area contributed by atoms with Crippen LogP contribution in [0.1, 0.15) is 12.0 Å². The Morgan fingerprint density at radius 2 is 2.15 bits per heavy atom. The Morgan fingerprint density at radius 3 is 2.77 bits per heavy atom. The van der Waals surface area contributed by atoms with Gasteiger partial charge in [-0.3, -0.25) is 14.9 Å². The van der Waals surface area contributed by atoms with E-state index in [1.165, 1.54) is 36.2 Å². The number of non-ortho nitro benzene ring substituents is 1. The molecule has 0 radical (unpaired) electrons. The lowest BCUT2D eigenvalue weighted by molar-refractivity contribution is -0.384. The molecule has 10 heteroatoms. The van der Waals surface area contributed by atoms with Crippen molar-refractivity contribution >= 4 is 33.5 Å². The molecule has 0 aliphatic carbocycles. The number of nitro groups is 1. The SMILES string of the molecule is CN(C(=O)COC(=O)C=Cc1cccc([N+](=O)[O-])c1)[C@H]1CCS(=O)(=O)C1. The Hall–Kier alpha value is -2.75. The smallest absolute Gasteiger partial charge is 0.331 e. The fraction of sp³-hybridized carbons (Fsp3) is 0.375. The quantitative estimate of drug-likeness (QED) is 0.308. The summed E-state index contributed by atoms with van der Waals surface area (Å²) in [7, 11) is -1.64. The van der Waals surface area contributed by atoms with E-state index in [0.717, 1.165) is 6.08 Å². The first kappa shape index (κ1) is 19.6. The van der Waals surface area contributed by atoms with E-state index in [9.17, 15) is 28.1 Å². The van der Waals surface area contributed by atoms with Gasteiger partial charge in [-0.15, -0.1) is 0 Å². The third-order valence-electron chi connectivity index (χ3n) is 3.98. The molecule has 2 rings (SSSR count). The molecular weight excluding hydrogens is 364 g/mol. The van der Waals surface area contributed by atoms with E-state index in [2.05, 4.69) is 0 Å². The van der Waals surface area contributed by atoms with E-state index in [1.807, 2.05) is 0 Å². The summed E-state index contributed by atoms with van der Waals surface area (Å²) in [6.45, 7) is -0.509. The molecule has 1 fully saturated rings. The lowest BCUT2D eigenvalue weighted by Crippen LogP contribution is -2.40. The minimum absolute atomic E-state index is 0.0427. The van der Waals surface area contributed by atoms with E-state index in [1.54, 1.807) is 6.07 Å². The van der Waals surface area contributed by atoms with E-state index >= 15 is 0 Å². The van der Waals surface area contributed by atoms with E-state index < -0.39 is 39.3 Å². The van der Waals surface area contributed by atoms with Crippen molar-refractivity contribution in [2.24, 2.45) is 0 Å². The summed E-state index contributed by atoms with van der Waals surface area (Å²) in [5.41, 5.74) is 0.333. The lowest BCUT2D eigenvalue weighted by atomic mass is 10.2. The number of rotatable bonds is 6. The number of nitrogens with zero attached hydrogens (tertiary/aromatic N) is 2. The Bertz CT molecular complexity index is 848. The standard InChI is InChI=1S/C16H18N2O7S/c1-17(14-7-8-26(23,24)11-14)15(19)10-25-16(20)6-5-12-3-2-4-13(9-12)18(21)22/h2-6,9,14H,7-8,10-11H2,1H3/t14-/m0/s1. The van der Waals surface area contributed by atoms with Crippen LogP contribution in [0.3, 0.4) is 0 Å². The molecule has 0 spiro atoms. The van der Waals surface area contributed by atoms with Gasteiger partial charge in [0.15, 0.2) is 16.4 Å². The molecule has 0 saturated carbocycles. The number of benzene rings is 1. The molecule has 0 bridgehead atoms. The average Bonchev–Trinajstić information content (AvgIpc) is 2.97. The molecule has 1 heterocycles. The molecule has 1 aromatic carbocycles. The van der Waals surface area contributed by atoms with Gasteiger partial charge in [0, 0.05) is 31.3 Å². The maximum atomic E-state index is 12.0. The minimum Gasteiger partial charge on any atom is -0.452 e. The zero-order valence-electron chi connectivity index (χ0n) is 14.0. The summed E-state index contributed by atoms with van der Waals surface area (Å²) in [6, 6.07) is 5.27. The van der Waals surface area contributed by atoms with Crippen LogP contribution in [0.5, 0.6) is 0 Å². The topological polar surface area (TPSA) is 124 Å². The number of carbonyl (C=O) groups excluding carboxylic acids is 2. The molecule has 1 amide bonds. The molecule has 9 nitrogen and oxygen atoms in total. The highest BCUT2D eigenvalue weighted by atomic mass is 32.2. The van der Waals surface area contributed by atoms with Crippen molar-refractivity contribution in [1.29, 1.82) is 0 Å². The zero-order chi connectivity index (χ0) is 19.3. The normalized spacial score (nSPS) is 18.6. The van der Waals surface area contributed by atoms with Gasteiger partial charge < -0.3 is 9.64 Å². The Labute approximate surface area is 150 Å². The summed E-state index contributed by atoms with van der Waals surface area (Å²) >= 11 is 0. The number of carbonyl (C=O) groups is 2. The average molecular weight is 382 g/mol. The minimum atomic E-state index is -3.11. The number of hydrogen-bond acceptors (Lipinski definition) is 7. The van der Waals surface area contributed by atoms with Gasteiger partial charge in [0.1, 0.15) is 0 Å². The Kier molecular flexibility index (Phi) is 6.09. The predicted octanol–water partition coefficient (Wildman–Crippen LogP) is 0.797. The molecule has 26 heavy (non-hydrogen) atoms. The van der Waals surface area contributed by atoms with Crippen LogP contribution in [0.4, 0.5) is 5.69 Å². The largest absolute Gasteiger partial charge is 0.452 e. The molecule has 0 N–H and O–H groups in total. The number of amides is 1. The summed E-state index contributed by atoms with van der Waals surface area (Å²) in [6.07, 6.45) is 2.77. The Morgan fingerprint density at radius 1 is 1.42 bits per heavy atom. The van der Waals surface area contributed by atoms with Crippen molar-refractivity contribution in [2.45, 2.75) is 12.5 Å². The van der Waals surface area contributed by atoms with E-state index in [0.29, 0.717) is 12.0 Å².